The molecule has 1 saturated carbocycles. The molecule has 0 amide bonds. The molecule has 120 valence electrons. The molecular weight excluding hydrogens is 298 g/mol. The van der Waals surface area contributed by atoms with Crippen molar-refractivity contribution in [2.45, 2.75) is 75.9 Å². The van der Waals surface area contributed by atoms with Gasteiger partial charge in [0.25, 0.3) is 0 Å². The highest BCUT2D eigenvalue weighted by Gasteiger charge is 2.36. The first-order valence-electron chi connectivity index (χ1n) is 8.10. The van der Waals surface area contributed by atoms with Gasteiger partial charge in [-0.1, -0.05) is 50.8 Å². The Kier molecular flexibility index (Phi) is 6.09. The van der Waals surface area contributed by atoms with Crippen LogP contribution in [-0.2, 0) is 0 Å². The number of hydrogen-bond donors (Lipinski definition) is 1. The number of aromatic nitrogens is 2. The third-order valence-electron chi connectivity index (χ3n) is 4.43. The quantitative estimate of drug-likeness (QED) is 0.863. The lowest BCUT2D eigenvalue weighted by molar-refractivity contribution is 0.165. The number of nitrogens with one attached hydrogen (secondary N) is 1. The summed E-state index contributed by atoms with van der Waals surface area (Å²) in [5.41, 5.74) is 0.408. The molecule has 3 atom stereocenters. The topological polar surface area (TPSA) is 37.8 Å². The predicted molar refractivity (Wildman–Crippen MR) is 93.2 cm³/mol. The summed E-state index contributed by atoms with van der Waals surface area (Å²) < 4.78 is 1.13. The normalized spacial score (nSPS) is 27.0. The van der Waals surface area contributed by atoms with E-state index in [-0.39, 0.29) is 0 Å². The number of nitrogens with zero attached hydrogens (tertiary/aromatic N) is 2. The minimum absolute atomic E-state index is 0.408. The number of rotatable bonds is 5. The second-order valence-corrected chi connectivity index (χ2v) is 9.85. The van der Waals surface area contributed by atoms with Gasteiger partial charge in [-0.25, -0.2) is 0 Å². The van der Waals surface area contributed by atoms with Gasteiger partial charge in [0.05, 0.1) is 0 Å². The van der Waals surface area contributed by atoms with Crippen LogP contribution in [0.2, 0.25) is 0 Å². The summed E-state index contributed by atoms with van der Waals surface area (Å²) in [5.74, 6) is 0.809. The molecule has 0 aromatic carbocycles. The van der Waals surface area contributed by atoms with Crippen LogP contribution in [0.15, 0.2) is 4.34 Å². The Morgan fingerprint density at radius 2 is 2.05 bits per heavy atom. The Labute approximate surface area is 137 Å². The van der Waals surface area contributed by atoms with Gasteiger partial charge in [-0.05, 0) is 50.5 Å². The third kappa shape index (κ3) is 4.93. The van der Waals surface area contributed by atoms with Crippen LogP contribution in [-0.4, -0.2) is 28.0 Å². The minimum Gasteiger partial charge on any atom is -0.313 e. The maximum atomic E-state index is 4.32. The Morgan fingerprint density at radius 3 is 2.62 bits per heavy atom. The van der Waals surface area contributed by atoms with Crippen molar-refractivity contribution in [3.8, 4) is 0 Å². The molecule has 5 heteroatoms. The predicted octanol–water partition coefficient (Wildman–Crippen LogP) is 4.52. The zero-order chi connectivity index (χ0) is 15.5. The number of thioether (sulfide) groups is 1. The molecule has 0 radical (unpaired) electrons. The minimum atomic E-state index is 0.408. The second-order valence-electron chi connectivity index (χ2n) is 7.18. The fourth-order valence-electron chi connectivity index (χ4n) is 3.06. The second kappa shape index (κ2) is 7.42. The van der Waals surface area contributed by atoms with Crippen LogP contribution < -0.4 is 5.32 Å². The van der Waals surface area contributed by atoms with Gasteiger partial charge in [0, 0.05) is 11.3 Å². The molecule has 2 rings (SSSR count). The van der Waals surface area contributed by atoms with Crippen molar-refractivity contribution in [3.05, 3.63) is 5.01 Å². The molecule has 3 unspecified atom stereocenters. The van der Waals surface area contributed by atoms with E-state index in [1.807, 2.05) is 18.7 Å². The Bertz CT molecular complexity index is 439. The molecule has 0 aliphatic heterocycles. The largest absolute Gasteiger partial charge is 0.313 e. The summed E-state index contributed by atoms with van der Waals surface area (Å²) in [4.78, 5) is 0. The Balaban J connectivity index is 2.05. The maximum Gasteiger partial charge on any atom is 0.174 e. The molecule has 1 aliphatic rings. The highest BCUT2D eigenvalue weighted by atomic mass is 32.2. The highest BCUT2D eigenvalue weighted by molar-refractivity contribution is 8.01. The van der Waals surface area contributed by atoms with Gasteiger partial charge in [-0.15, -0.1) is 10.2 Å². The summed E-state index contributed by atoms with van der Waals surface area (Å²) in [7, 11) is 0. The molecule has 1 aliphatic carbocycles. The van der Waals surface area contributed by atoms with E-state index in [2.05, 4.69) is 43.2 Å². The first kappa shape index (κ1) is 17.2. The molecule has 21 heavy (non-hydrogen) atoms. The molecule has 1 aromatic rings. The summed E-state index contributed by atoms with van der Waals surface area (Å²) in [6, 6.07) is 0.623. The van der Waals surface area contributed by atoms with E-state index in [1.165, 1.54) is 25.7 Å². The van der Waals surface area contributed by atoms with E-state index >= 15 is 0 Å². The van der Waals surface area contributed by atoms with Crippen molar-refractivity contribution in [1.82, 2.24) is 15.5 Å². The number of hydrogen-bond acceptors (Lipinski definition) is 5. The van der Waals surface area contributed by atoms with Crippen LogP contribution in [0.25, 0.3) is 0 Å². The van der Waals surface area contributed by atoms with Crippen LogP contribution >= 0.6 is 23.1 Å². The molecular formula is C16H29N3S2. The number of aryl methyl sites for hydroxylation is 1. The lowest BCUT2D eigenvalue weighted by Crippen LogP contribution is -2.45. The molecule has 3 nitrogen and oxygen atoms in total. The average molecular weight is 328 g/mol. The zero-order valence-corrected chi connectivity index (χ0v) is 15.6. The van der Waals surface area contributed by atoms with Gasteiger partial charge in [0.2, 0.25) is 0 Å². The first-order chi connectivity index (χ1) is 9.90. The SMILES string of the molecule is CCCNC1CCC(C(C)(C)C)CC1Sc1nnc(C)s1. The van der Waals surface area contributed by atoms with Crippen LogP contribution in [0.5, 0.6) is 0 Å². The fourth-order valence-corrected chi connectivity index (χ4v) is 5.48. The van der Waals surface area contributed by atoms with Crippen molar-refractivity contribution in [2.75, 3.05) is 6.54 Å². The van der Waals surface area contributed by atoms with Crippen molar-refractivity contribution >= 4 is 23.1 Å². The smallest absolute Gasteiger partial charge is 0.174 e. The van der Waals surface area contributed by atoms with E-state index in [4.69, 9.17) is 0 Å². The molecule has 0 saturated heterocycles. The lowest BCUT2D eigenvalue weighted by Gasteiger charge is -2.41. The molecule has 0 spiro atoms. The van der Waals surface area contributed by atoms with Gasteiger partial charge in [-0.3, -0.25) is 0 Å². The fraction of sp³-hybridized carbons (Fsp3) is 0.875. The van der Waals surface area contributed by atoms with E-state index < -0.39 is 0 Å². The van der Waals surface area contributed by atoms with E-state index in [0.29, 0.717) is 16.7 Å². The first-order valence-corrected chi connectivity index (χ1v) is 9.80. The van der Waals surface area contributed by atoms with E-state index in [0.717, 1.165) is 21.8 Å². The molecule has 1 fully saturated rings. The monoisotopic (exact) mass is 327 g/mol. The van der Waals surface area contributed by atoms with Crippen molar-refractivity contribution in [3.63, 3.8) is 0 Å². The summed E-state index contributed by atoms with van der Waals surface area (Å²) >= 11 is 3.68. The van der Waals surface area contributed by atoms with E-state index in [1.54, 1.807) is 11.3 Å². The molecule has 1 N–H and O–H groups in total. The van der Waals surface area contributed by atoms with Crippen LogP contribution in [0.4, 0.5) is 0 Å². The van der Waals surface area contributed by atoms with Crippen LogP contribution in [0.3, 0.4) is 0 Å². The zero-order valence-electron chi connectivity index (χ0n) is 14.0. The van der Waals surface area contributed by atoms with Crippen LogP contribution in [0.1, 0.15) is 58.4 Å². The third-order valence-corrected chi connectivity index (χ3v) is 6.71. The van der Waals surface area contributed by atoms with Gasteiger partial charge in [-0.2, -0.15) is 0 Å². The van der Waals surface area contributed by atoms with Gasteiger partial charge in [0.1, 0.15) is 5.01 Å². The molecule has 0 bridgehead atoms. The van der Waals surface area contributed by atoms with E-state index in [9.17, 15) is 0 Å². The van der Waals surface area contributed by atoms with Crippen molar-refractivity contribution in [2.24, 2.45) is 11.3 Å². The maximum absolute atomic E-state index is 4.32. The van der Waals surface area contributed by atoms with Gasteiger partial charge in [0.15, 0.2) is 4.34 Å². The van der Waals surface area contributed by atoms with Gasteiger partial charge >= 0.3 is 0 Å². The highest BCUT2D eigenvalue weighted by Crippen LogP contribution is 2.43. The standard InChI is InChI=1S/C16H29N3S2/c1-6-9-17-13-8-7-12(16(3,4)5)10-14(13)21-15-19-18-11(2)20-15/h12-14,17H,6-10H2,1-5H3. The summed E-state index contributed by atoms with van der Waals surface area (Å²) in [6.45, 7) is 12.5. The summed E-state index contributed by atoms with van der Waals surface area (Å²) in [5, 5.41) is 13.9. The van der Waals surface area contributed by atoms with Gasteiger partial charge < -0.3 is 5.32 Å². The lowest BCUT2D eigenvalue weighted by atomic mass is 9.71. The molecule has 1 aromatic heterocycles. The van der Waals surface area contributed by atoms with Crippen LogP contribution in [0, 0.1) is 18.3 Å². The summed E-state index contributed by atoms with van der Waals surface area (Å²) in [6.07, 6.45) is 5.12. The van der Waals surface area contributed by atoms with Crippen molar-refractivity contribution < 1.29 is 0 Å². The Morgan fingerprint density at radius 1 is 1.29 bits per heavy atom. The Hall–Kier alpha value is -0.130. The molecule has 1 heterocycles. The average Bonchev–Trinajstić information content (AvgIpc) is 2.81. The van der Waals surface area contributed by atoms with Crippen molar-refractivity contribution in [1.29, 1.82) is 0 Å².